The minimum Gasteiger partial charge on any atom is -0.484 e. The average molecular weight is 330 g/mol. The van der Waals surface area contributed by atoms with Gasteiger partial charge in [-0.3, -0.25) is 9.59 Å². The fraction of sp³-hybridized carbons (Fsp3) is 0.500. The maximum Gasteiger partial charge on any atom is 0.303 e. The van der Waals surface area contributed by atoms with Crippen molar-refractivity contribution in [2.24, 2.45) is 0 Å². The molecule has 2 rings (SSSR count). The van der Waals surface area contributed by atoms with E-state index in [0.717, 1.165) is 0 Å². The predicted octanol–water partition coefficient (Wildman–Crippen LogP) is 2.57. The number of nitrogens with zero attached hydrogens (tertiary/aromatic N) is 2. The summed E-state index contributed by atoms with van der Waals surface area (Å²) in [5.74, 6) is 0.0129. The molecule has 6 nitrogen and oxygen atoms in total. The number of esters is 1. The van der Waals surface area contributed by atoms with Crippen LogP contribution in [0.5, 0.6) is 5.75 Å². The Kier molecular flexibility index (Phi) is 4.83. The number of benzene rings is 1. The van der Waals surface area contributed by atoms with Crippen LogP contribution in [-0.2, 0) is 14.3 Å². The summed E-state index contributed by atoms with van der Waals surface area (Å²) in [6, 6.07) is 6.67. The van der Waals surface area contributed by atoms with Gasteiger partial charge in [0.05, 0.1) is 11.6 Å². The molecule has 1 amide bonds. The van der Waals surface area contributed by atoms with Crippen LogP contribution in [0, 0.1) is 11.3 Å². The molecule has 0 aliphatic carbocycles. The molecule has 0 saturated heterocycles. The summed E-state index contributed by atoms with van der Waals surface area (Å²) >= 11 is 0. The SMILES string of the molecule is CCN(C(C)=O)C1c2cc(C#N)ccc2OC(C)(C)C1OC(C)=O. The maximum absolute atomic E-state index is 12.2. The molecule has 6 heteroatoms. The van der Waals surface area contributed by atoms with E-state index in [9.17, 15) is 14.9 Å². The normalized spacial score (nSPS) is 21.0. The number of nitriles is 1. The highest BCUT2D eigenvalue weighted by molar-refractivity contribution is 5.74. The van der Waals surface area contributed by atoms with Crippen LogP contribution in [0.4, 0.5) is 0 Å². The number of ether oxygens (including phenoxy) is 2. The smallest absolute Gasteiger partial charge is 0.303 e. The Hall–Kier alpha value is -2.55. The summed E-state index contributed by atoms with van der Waals surface area (Å²) in [5, 5.41) is 9.19. The largest absolute Gasteiger partial charge is 0.484 e. The first-order valence-corrected chi connectivity index (χ1v) is 7.88. The molecule has 0 N–H and O–H groups in total. The molecule has 1 aromatic rings. The first-order valence-electron chi connectivity index (χ1n) is 7.88. The van der Waals surface area contributed by atoms with Gasteiger partial charge in [-0.2, -0.15) is 5.26 Å². The van der Waals surface area contributed by atoms with Gasteiger partial charge in [-0.25, -0.2) is 0 Å². The van der Waals surface area contributed by atoms with Crippen molar-refractivity contribution in [2.45, 2.75) is 52.4 Å². The van der Waals surface area contributed by atoms with E-state index in [1.807, 2.05) is 20.8 Å². The molecule has 0 radical (unpaired) electrons. The van der Waals surface area contributed by atoms with E-state index in [2.05, 4.69) is 6.07 Å². The number of hydrogen-bond donors (Lipinski definition) is 0. The van der Waals surface area contributed by atoms with Crippen LogP contribution in [0.15, 0.2) is 18.2 Å². The van der Waals surface area contributed by atoms with E-state index in [1.54, 1.807) is 23.1 Å². The van der Waals surface area contributed by atoms with Crippen molar-refractivity contribution in [3.8, 4) is 11.8 Å². The van der Waals surface area contributed by atoms with Crippen LogP contribution < -0.4 is 4.74 Å². The summed E-state index contributed by atoms with van der Waals surface area (Å²) in [4.78, 5) is 25.4. The zero-order valence-electron chi connectivity index (χ0n) is 14.6. The van der Waals surface area contributed by atoms with Crippen LogP contribution in [0.2, 0.25) is 0 Å². The molecule has 0 fully saturated rings. The molecule has 1 aliphatic heterocycles. The molecule has 128 valence electrons. The van der Waals surface area contributed by atoms with E-state index in [0.29, 0.717) is 23.4 Å². The number of amides is 1. The van der Waals surface area contributed by atoms with Gasteiger partial charge in [0.2, 0.25) is 5.91 Å². The van der Waals surface area contributed by atoms with Crippen molar-refractivity contribution >= 4 is 11.9 Å². The van der Waals surface area contributed by atoms with Gasteiger partial charge in [-0.15, -0.1) is 0 Å². The second-order valence-corrected chi connectivity index (χ2v) is 6.35. The number of hydrogen-bond acceptors (Lipinski definition) is 5. The number of carbonyl (C=O) groups excluding carboxylic acids is 2. The minimum atomic E-state index is -0.819. The summed E-state index contributed by atoms with van der Waals surface area (Å²) in [6.45, 7) is 8.76. The van der Waals surface area contributed by atoms with E-state index in [-0.39, 0.29) is 5.91 Å². The van der Waals surface area contributed by atoms with Crippen molar-refractivity contribution in [3.63, 3.8) is 0 Å². The monoisotopic (exact) mass is 330 g/mol. The fourth-order valence-electron chi connectivity index (χ4n) is 3.16. The van der Waals surface area contributed by atoms with Gasteiger partial charge in [0, 0.05) is 26.0 Å². The third kappa shape index (κ3) is 3.21. The summed E-state index contributed by atoms with van der Waals surface area (Å²) in [6.07, 6.45) is -0.680. The third-order valence-corrected chi connectivity index (χ3v) is 4.18. The lowest BCUT2D eigenvalue weighted by Gasteiger charge is -2.47. The van der Waals surface area contributed by atoms with Crippen molar-refractivity contribution in [2.75, 3.05) is 6.54 Å². The summed E-state index contributed by atoms with van der Waals surface area (Å²) in [5.41, 5.74) is 0.320. The zero-order valence-corrected chi connectivity index (χ0v) is 14.6. The van der Waals surface area contributed by atoms with Crippen molar-refractivity contribution in [1.82, 2.24) is 4.90 Å². The maximum atomic E-state index is 12.2. The predicted molar refractivity (Wildman–Crippen MR) is 87.2 cm³/mol. The molecule has 1 aromatic carbocycles. The van der Waals surface area contributed by atoms with Crippen LogP contribution in [0.1, 0.15) is 51.8 Å². The Morgan fingerprint density at radius 1 is 1.38 bits per heavy atom. The number of fused-ring (bicyclic) bond motifs is 1. The molecule has 0 bridgehead atoms. The molecule has 1 heterocycles. The van der Waals surface area contributed by atoms with Gasteiger partial charge >= 0.3 is 5.97 Å². The first kappa shape index (κ1) is 17.8. The minimum absolute atomic E-state index is 0.134. The standard InChI is InChI=1S/C18H22N2O4/c1-6-20(11(2)21)16-14-9-13(10-19)7-8-15(14)24-18(4,5)17(16)23-12(3)22/h7-9,16-17H,6H2,1-5H3. The Morgan fingerprint density at radius 2 is 2.04 bits per heavy atom. The quantitative estimate of drug-likeness (QED) is 0.796. The Labute approximate surface area is 142 Å². The summed E-state index contributed by atoms with van der Waals surface area (Å²) < 4.78 is 11.6. The first-order chi connectivity index (χ1) is 11.2. The Bertz CT molecular complexity index is 705. The molecule has 0 spiro atoms. The van der Waals surface area contributed by atoms with E-state index in [1.165, 1.54) is 13.8 Å². The molecule has 0 aromatic heterocycles. The van der Waals surface area contributed by atoms with E-state index >= 15 is 0 Å². The molecule has 1 aliphatic rings. The number of likely N-dealkylation sites (N-methyl/N-ethyl adjacent to an activating group) is 1. The van der Waals surface area contributed by atoms with Gasteiger partial charge in [0.15, 0.2) is 6.10 Å². The van der Waals surface area contributed by atoms with Gasteiger partial charge in [-0.1, -0.05) is 0 Å². The van der Waals surface area contributed by atoms with E-state index < -0.39 is 23.7 Å². The molecule has 0 saturated carbocycles. The average Bonchev–Trinajstić information content (AvgIpc) is 2.49. The highest BCUT2D eigenvalue weighted by Gasteiger charge is 2.49. The zero-order chi connectivity index (χ0) is 18.1. The highest BCUT2D eigenvalue weighted by Crippen LogP contribution is 2.44. The van der Waals surface area contributed by atoms with E-state index in [4.69, 9.17) is 9.47 Å². The Morgan fingerprint density at radius 3 is 2.54 bits per heavy atom. The second-order valence-electron chi connectivity index (χ2n) is 6.35. The molecule has 2 unspecified atom stereocenters. The van der Waals surface area contributed by atoms with Gasteiger partial charge in [-0.05, 0) is 39.0 Å². The van der Waals surface area contributed by atoms with Crippen molar-refractivity contribution < 1.29 is 19.1 Å². The topological polar surface area (TPSA) is 79.6 Å². The fourth-order valence-corrected chi connectivity index (χ4v) is 3.16. The molecular formula is C18H22N2O4. The third-order valence-electron chi connectivity index (χ3n) is 4.18. The number of rotatable bonds is 3. The number of carbonyl (C=O) groups is 2. The van der Waals surface area contributed by atoms with Crippen LogP contribution in [0.3, 0.4) is 0 Å². The van der Waals surface area contributed by atoms with Gasteiger partial charge < -0.3 is 14.4 Å². The van der Waals surface area contributed by atoms with Crippen LogP contribution >= 0.6 is 0 Å². The lowest BCUT2D eigenvalue weighted by molar-refractivity contribution is -0.172. The summed E-state index contributed by atoms with van der Waals surface area (Å²) in [7, 11) is 0. The lowest BCUT2D eigenvalue weighted by atomic mass is 9.84. The molecular weight excluding hydrogens is 308 g/mol. The molecule has 24 heavy (non-hydrogen) atoms. The van der Waals surface area contributed by atoms with Crippen LogP contribution in [-0.4, -0.2) is 35.0 Å². The van der Waals surface area contributed by atoms with Gasteiger partial charge in [0.25, 0.3) is 0 Å². The lowest BCUT2D eigenvalue weighted by Crippen LogP contribution is -2.56. The van der Waals surface area contributed by atoms with Crippen LogP contribution in [0.25, 0.3) is 0 Å². The highest BCUT2D eigenvalue weighted by atomic mass is 16.6. The second kappa shape index (κ2) is 6.52. The van der Waals surface area contributed by atoms with Gasteiger partial charge in [0.1, 0.15) is 17.4 Å². The molecule has 2 atom stereocenters. The Balaban J connectivity index is 2.67. The van der Waals surface area contributed by atoms with Crippen molar-refractivity contribution in [3.05, 3.63) is 29.3 Å². The van der Waals surface area contributed by atoms with Crippen molar-refractivity contribution in [1.29, 1.82) is 5.26 Å².